The zero-order chi connectivity index (χ0) is 13.6. The molecule has 2 aromatic carbocycles. The number of hydrogen-bond acceptors (Lipinski definition) is 1. The zero-order valence-corrected chi connectivity index (χ0v) is 12.2. The number of nitrogens with one attached hydrogen (secondary N) is 1. The van der Waals surface area contributed by atoms with E-state index in [9.17, 15) is 0 Å². The lowest BCUT2D eigenvalue weighted by Crippen LogP contribution is -1.82. The third-order valence-electron chi connectivity index (χ3n) is 2.84. The van der Waals surface area contributed by atoms with Crippen LogP contribution in [0.1, 0.15) is 5.56 Å². The molecule has 0 spiro atoms. The molecule has 0 bridgehead atoms. The number of nitrogens with zero attached hydrogens (tertiary/aromatic N) is 1. The number of aromatic amines is 1. The summed E-state index contributed by atoms with van der Waals surface area (Å²) in [5, 5.41) is 1.69. The predicted molar refractivity (Wildman–Crippen MR) is 81.3 cm³/mol. The van der Waals surface area contributed by atoms with E-state index in [1.54, 1.807) is 12.1 Å². The predicted octanol–water partition coefficient (Wildman–Crippen LogP) is 5.50. The maximum absolute atomic E-state index is 6.07. The lowest BCUT2D eigenvalue weighted by atomic mass is 10.1. The van der Waals surface area contributed by atoms with Gasteiger partial charge in [-0.05, 0) is 42.8 Å². The lowest BCUT2D eigenvalue weighted by molar-refractivity contribution is 1.32. The molecule has 2 nitrogen and oxygen atoms in total. The number of benzene rings is 2. The molecule has 1 N–H and O–H groups in total. The Morgan fingerprint density at radius 3 is 2.42 bits per heavy atom. The number of aryl methyl sites for hydroxylation is 1. The van der Waals surface area contributed by atoms with Crippen molar-refractivity contribution < 1.29 is 0 Å². The highest BCUT2D eigenvalue weighted by Gasteiger charge is 2.09. The Morgan fingerprint density at radius 1 is 0.947 bits per heavy atom. The fourth-order valence-corrected chi connectivity index (χ4v) is 2.63. The third-order valence-corrected chi connectivity index (χ3v) is 3.78. The second kappa shape index (κ2) is 4.71. The summed E-state index contributed by atoms with van der Waals surface area (Å²) in [5.74, 6) is 0.749. The molecule has 1 heterocycles. The first-order valence-corrected chi connectivity index (χ1v) is 6.78. The fourth-order valence-electron chi connectivity index (χ4n) is 2.01. The Bertz CT molecular complexity index is 718. The number of aromatic nitrogens is 2. The molecule has 96 valence electrons. The van der Waals surface area contributed by atoms with E-state index in [1.165, 1.54) is 0 Å². The molecule has 5 heteroatoms. The molecule has 0 aliphatic rings. The van der Waals surface area contributed by atoms with Gasteiger partial charge in [0.2, 0.25) is 0 Å². The van der Waals surface area contributed by atoms with Crippen molar-refractivity contribution in [1.29, 1.82) is 0 Å². The van der Waals surface area contributed by atoms with Crippen molar-refractivity contribution in [3.8, 4) is 11.4 Å². The number of rotatable bonds is 1. The van der Waals surface area contributed by atoms with Gasteiger partial charge in [0.25, 0.3) is 0 Å². The van der Waals surface area contributed by atoms with Crippen LogP contribution in [0.25, 0.3) is 22.4 Å². The summed E-state index contributed by atoms with van der Waals surface area (Å²) in [4.78, 5) is 7.73. The van der Waals surface area contributed by atoms with Crippen molar-refractivity contribution in [1.82, 2.24) is 9.97 Å². The smallest absolute Gasteiger partial charge is 0.138 e. The summed E-state index contributed by atoms with van der Waals surface area (Å²) in [5.41, 5.74) is 3.65. The highest BCUT2D eigenvalue weighted by Crippen LogP contribution is 2.29. The summed E-state index contributed by atoms with van der Waals surface area (Å²) < 4.78 is 0. The minimum Gasteiger partial charge on any atom is -0.338 e. The lowest BCUT2D eigenvalue weighted by Gasteiger charge is -2.00. The van der Waals surface area contributed by atoms with Crippen molar-refractivity contribution >= 4 is 45.8 Å². The van der Waals surface area contributed by atoms with Gasteiger partial charge in [-0.3, -0.25) is 0 Å². The highest BCUT2D eigenvalue weighted by molar-refractivity contribution is 6.42. The average molecular weight is 312 g/mol. The maximum atomic E-state index is 6.07. The monoisotopic (exact) mass is 310 g/mol. The summed E-state index contributed by atoms with van der Waals surface area (Å²) >= 11 is 18.0. The summed E-state index contributed by atoms with van der Waals surface area (Å²) in [6, 6.07) is 9.31. The van der Waals surface area contributed by atoms with Crippen molar-refractivity contribution in [3.05, 3.63) is 51.0 Å². The number of fused-ring (bicyclic) bond motifs is 1. The van der Waals surface area contributed by atoms with Crippen molar-refractivity contribution in [2.45, 2.75) is 6.92 Å². The zero-order valence-electron chi connectivity index (χ0n) is 9.97. The minimum absolute atomic E-state index is 0.495. The van der Waals surface area contributed by atoms with Gasteiger partial charge in [0.15, 0.2) is 0 Å². The molecule has 3 aromatic rings. The minimum atomic E-state index is 0.495. The molecule has 1 aromatic heterocycles. The van der Waals surface area contributed by atoms with Crippen molar-refractivity contribution in [3.63, 3.8) is 0 Å². The Balaban J connectivity index is 2.20. The number of hydrogen-bond donors (Lipinski definition) is 1. The van der Waals surface area contributed by atoms with E-state index < -0.39 is 0 Å². The molecule has 0 amide bonds. The van der Waals surface area contributed by atoms with Crippen LogP contribution < -0.4 is 0 Å². The summed E-state index contributed by atoms with van der Waals surface area (Å²) in [6.07, 6.45) is 0. The van der Waals surface area contributed by atoms with Crippen LogP contribution in [0, 0.1) is 6.92 Å². The quantitative estimate of drug-likeness (QED) is 0.631. The summed E-state index contributed by atoms with van der Waals surface area (Å²) in [7, 11) is 0. The van der Waals surface area contributed by atoms with Gasteiger partial charge in [-0.25, -0.2) is 4.98 Å². The molecule has 0 aliphatic heterocycles. The third kappa shape index (κ3) is 2.44. The highest BCUT2D eigenvalue weighted by atomic mass is 35.5. The number of halogens is 3. The SMILES string of the molecule is Cc1cc(Cl)cc(-c2nc3cc(Cl)c(Cl)cc3[nH]2)c1. The number of imidazole rings is 1. The van der Waals surface area contributed by atoms with Crippen LogP contribution in [0.5, 0.6) is 0 Å². The van der Waals surface area contributed by atoms with Crippen LogP contribution in [0.2, 0.25) is 15.1 Å². The summed E-state index contributed by atoms with van der Waals surface area (Å²) in [6.45, 7) is 1.99. The van der Waals surface area contributed by atoms with E-state index in [4.69, 9.17) is 34.8 Å². The topological polar surface area (TPSA) is 28.7 Å². The Morgan fingerprint density at radius 2 is 1.68 bits per heavy atom. The van der Waals surface area contributed by atoms with Gasteiger partial charge in [-0.1, -0.05) is 34.8 Å². The Kier molecular flexibility index (Phi) is 3.17. The van der Waals surface area contributed by atoms with Gasteiger partial charge in [-0.2, -0.15) is 0 Å². The van der Waals surface area contributed by atoms with E-state index in [-0.39, 0.29) is 0 Å². The molecule has 0 saturated heterocycles. The molecule has 3 rings (SSSR count). The van der Waals surface area contributed by atoms with Gasteiger partial charge >= 0.3 is 0 Å². The normalized spacial score (nSPS) is 11.2. The van der Waals surface area contributed by atoms with Crippen molar-refractivity contribution in [2.75, 3.05) is 0 Å². The van der Waals surface area contributed by atoms with Crippen molar-refractivity contribution in [2.24, 2.45) is 0 Å². The molecular weight excluding hydrogens is 303 g/mol. The van der Waals surface area contributed by atoms with E-state index in [0.717, 1.165) is 28.0 Å². The van der Waals surface area contributed by atoms with E-state index in [0.29, 0.717) is 15.1 Å². The standard InChI is InChI=1S/C14H9Cl3N2/c1-7-2-8(4-9(15)3-7)14-18-12-5-10(16)11(17)6-13(12)19-14/h2-6H,1H3,(H,18,19). The van der Waals surface area contributed by atoms with Crippen LogP contribution >= 0.6 is 34.8 Å². The maximum Gasteiger partial charge on any atom is 0.138 e. The van der Waals surface area contributed by atoms with E-state index in [2.05, 4.69) is 9.97 Å². The first kappa shape index (κ1) is 12.8. The Labute approximate surface area is 125 Å². The van der Waals surface area contributed by atoms with Crippen LogP contribution in [-0.4, -0.2) is 9.97 Å². The van der Waals surface area contributed by atoms with Crippen LogP contribution in [-0.2, 0) is 0 Å². The number of H-pyrrole nitrogens is 1. The van der Waals surface area contributed by atoms with Crippen LogP contribution in [0.15, 0.2) is 30.3 Å². The first-order valence-electron chi connectivity index (χ1n) is 5.65. The first-order chi connectivity index (χ1) is 9.02. The molecule has 0 unspecified atom stereocenters. The average Bonchev–Trinajstić information content (AvgIpc) is 2.71. The molecule has 0 radical (unpaired) electrons. The largest absolute Gasteiger partial charge is 0.338 e. The second-order valence-corrected chi connectivity index (χ2v) is 5.64. The molecular formula is C14H9Cl3N2. The van der Waals surface area contributed by atoms with Gasteiger partial charge in [0, 0.05) is 10.6 Å². The second-order valence-electron chi connectivity index (χ2n) is 4.39. The molecule has 0 atom stereocenters. The molecule has 0 saturated carbocycles. The van der Waals surface area contributed by atoms with Crippen LogP contribution in [0.3, 0.4) is 0 Å². The van der Waals surface area contributed by atoms with Gasteiger partial charge in [-0.15, -0.1) is 0 Å². The van der Waals surface area contributed by atoms with E-state index in [1.807, 2.05) is 25.1 Å². The van der Waals surface area contributed by atoms with Gasteiger partial charge in [0.1, 0.15) is 5.82 Å². The molecule has 19 heavy (non-hydrogen) atoms. The van der Waals surface area contributed by atoms with Crippen LogP contribution in [0.4, 0.5) is 0 Å². The fraction of sp³-hybridized carbons (Fsp3) is 0.0714. The molecule has 0 aliphatic carbocycles. The van der Waals surface area contributed by atoms with Gasteiger partial charge < -0.3 is 4.98 Å². The molecule has 0 fully saturated rings. The Hall–Kier alpha value is -1.22. The van der Waals surface area contributed by atoms with Gasteiger partial charge in [0.05, 0.1) is 21.1 Å². The van der Waals surface area contributed by atoms with E-state index >= 15 is 0 Å².